The zero-order valence-electron chi connectivity index (χ0n) is 8.94. The van der Waals surface area contributed by atoms with Gasteiger partial charge in [0.1, 0.15) is 5.82 Å². The number of aromatic nitrogens is 3. The van der Waals surface area contributed by atoms with Crippen molar-refractivity contribution in [1.82, 2.24) is 14.6 Å². The lowest BCUT2D eigenvalue weighted by molar-refractivity contribution is -0.118. The fourth-order valence-electron chi connectivity index (χ4n) is 1.17. The van der Waals surface area contributed by atoms with Crippen molar-refractivity contribution in [3.8, 4) is 0 Å². The minimum atomic E-state index is -0.404. The molecule has 2 rings (SSSR count). The van der Waals surface area contributed by atoms with Crippen LogP contribution in [0.15, 0.2) is 18.3 Å². The first kappa shape index (κ1) is 10.5. The maximum absolute atomic E-state index is 12.9. The van der Waals surface area contributed by atoms with Crippen molar-refractivity contribution in [2.24, 2.45) is 5.92 Å². The molecule has 0 radical (unpaired) electrons. The molecule has 0 aliphatic heterocycles. The standard InChI is InChI=1S/C10H11FN4O/c1-6(2)9(16)13-10-12-8-4-3-7(11)5-15(8)14-10/h3-6H,1-2H3,(H,13,14,16). The summed E-state index contributed by atoms with van der Waals surface area (Å²) in [6.07, 6.45) is 1.20. The maximum Gasteiger partial charge on any atom is 0.249 e. The van der Waals surface area contributed by atoms with E-state index in [2.05, 4.69) is 15.4 Å². The van der Waals surface area contributed by atoms with E-state index in [9.17, 15) is 9.18 Å². The van der Waals surface area contributed by atoms with E-state index in [1.54, 1.807) is 13.8 Å². The molecule has 0 fully saturated rings. The van der Waals surface area contributed by atoms with Gasteiger partial charge in [0, 0.05) is 5.92 Å². The highest BCUT2D eigenvalue weighted by Crippen LogP contribution is 2.07. The van der Waals surface area contributed by atoms with Gasteiger partial charge in [0.15, 0.2) is 5.65 Å². The highest BCUT2D eigenvalue weighted by molar-refractivity contribution is 5.90. The molecule has 16 heavy (non-hydrogen) atoms. The number of pyridine rings is 1. The van der Waals surface area contributed by atoms with E-state index < -0.39 is 5.82 Å². The van der Waals surface area contributed by atoms with Crippen LogP contribution in [0.4, 0.5) is 10.3 Å². The quantitative estimate of drug-likeness (QED) is 0.836. The Labute approximate surface area is 91.3 Å². The Kier molecular flexibility index (Phi) is 2.55. The Morgan fingerprint density at radius 2 is 2.25 bits per heavy atom. The zero-order chi connectivity index (χ0) is 11.7. The molecular weight excluding hydrogens is 211 g/mol. The summed E-state index contributed by atoms with van der Waals surface area (Å²) in [6, 6.07) is 2.78. The molecule has 0 aromatic carbocycles. The van der Waals surface area contributed by atoms with E-state index in [0.717, 1.165) is 0 Å². The van der Waals surface area contributed by atoms with Gasteiger partial charge < -0.3 is 0 Å². The second-order valence-corrected chi connectivity index (χ2v) is 3.73. The van der Waals surface area contributed by atoms with E-state index in [1.807, 2.05) is 0 Å². The van der Waals surface area contributed by atoms with Gasteiger partial charge in [-0.3, -0.25) is 10.1 Å². The third-order valence-electron chi connectivity index (χ3n) is 2.05. The van der Waals surface area contributed by atoms with E-state index in [1.165, 1.54) is 22.8 Å². The van der Waals surface area contributed by atoms with Gasteiger partial charge in [-0.2, -0.15) is 4.98 Å². The van der Waals surface area contributed by atoms with Gasteiger partial charge in [-0.25, -0.2) is 8.91 Å². The molecule has 2 heterocycles. The average molecular weight is 222 g/mol. The fourth-order valence-corrected chi connectivity index (χ4v) is 1.17. The lowest BCUT2D eigenvalue weighted by Gasteiger charge is -2.01. The molecule has 0 saturated heterocycles. The number of fused-ring (bicyclic) bond motifs is 1. The number of carbonyl (C=O) groups excluding carboxylic acids is 1. The summed E-state index contributed by atoms with van der Waals surface area (Å²) in [5.41, 5.74) is 0.487. The van der Waals surface area contributed by atoms with Crippen molar-refractivity contribution in [1.29, 1.82) is 0 Å². The van der Waals surface area contributed by atoms with Crippen molar-refractivity contribution in [2.45, 2.75) is 13.8 Å². The third-order valence-corrected chi connectivity index (χ3v) is 2.05. The maximum atomic E-state index is 12.9. The van der Waals surface area contributed by atoms with Gasteiger partial charge in [-0.1, -0.05) is 13.8 Å². The first-order valence-corrected chi connectivity index (χ1v) is 4.89. The number of carbonyl (C=O) groups is 1. The molecule has 84 valence electrons. The molecule has 0 bridgehead atoms. The van der Waals surface area contributed by atoms with Crippen LogP contribution in [0.1, 0.15) is 13.8 Å². The van der Waals surface area contributed by atoms with Crippen molar-refractivity contribution in [3.05, 3.63) is 24.1 Å². The van der Waals surface area contributed by atoms with Crippen molar-refractivity contribution in [3.63, 3.8) is 0 Å². The molecule has 0 aliphatic rings. The van der Waals surface area contributed by atoms with Crippen LogP contribution in [0.5, 0.6) is 0 Å². The van der Waals surface area contributed by atoms with E-state index >= 15 is 0 Å². The first-order valence-electron chi connectivity index (χ1n) is 4.89. The minimum Gasteiger partial charge on any atom is -0.293 e. The number of nitrogens with zero attached hydrogens (tertiary/aromatic N) is 3. The molecule has 0 atom stereocenters. The van der Waals surface area contributed by atoms with Crippen LogP contribution in [-0.4, -0.2) is 20.5 Å². The monoisotopic (exact) mass is 222 g/mol. The zero-order valence-corrected chi connectivity index (χ0v) is 8.94. The van der Waals surface area contributed by atoms with Crippen LogP contribution in [-0.2, 0) is 4.79 Å². The Morgan fingerprint density at radius 3 is 2.94 bits per heavy atom. The van der Waals surface area contributed by atoms with Crippen molar-refractivity contribution < 1.29 is 9.18 Å². The predicted octanol–water partition coefficient (Wildman–Crippen LogP) is 1.46. The third kappa shape index (κ3) is 2.00. The highest BCUT2D eigenvalue weighted by Gasteiger charge is 2.10. The topological polar surface area (TPSA) is 59.3 Å². The lowest BCUT2D eigenvalue weighted by Crippen LogP contribution is -2.18. The van der Waals surface area contributed by atoms with Crippen LogP contribution >= 0.6 is 0 Å². The van der Waals surface area contributed by atoms with Crippen molar-refractivity contribution in [2.75, 3.05) is 5.32 Å². The van der Waals surface area contributed by atoms with Gasteiger partial charge in [-0.05, 0) is 12.1 Å². The smallest absolute Gasteiger partial charge is 0.249 e. The number of halogens is 1. The predicted molar refractivity (Wildman–Crippen MR) is 56.4 cm³/mol. The SMILES string of the molecule is CC(C)C(=O)Nc1nc2ccc(F)cn2n1. The molecule has 2 aromatic heterocycles. The molecule has 1 N–H and O–H groups in total. The molecule has 0 spiro atoms. The molecule has 0 unspecified atom stereocenters. The molecule has 0 saturated carbocycles. The molecule has 5 nitrogen and oxygen atoms in total. The Balaban J connectivity index is 2.29. The fraction of sp³-hybridized carbons (Fsp3) is 0.300. The first-order chi connectivity index (χ1) is 7.56. The van der Waals surface area contributed by atoms with E-state index in [-0.39, 0.29) is 17.8 Å². The van der Waals surface area contributed by atoms with Crippen LogP contribution in [0.2, 0.25) is 0 Å². The summed E-state index contributed by atoms with van der Waals surface area (Å²) < 4.78 is 14.1. The molecule has 2 aromatic rings. The van der Waals surface area contributed by atoms with Gasteiger partial charge in [0.2, 0.25) is 11.9 Å². The number of hydrogen-bond acceptors (Lipinski definition) is 3. The largest absolute Gasteiger partial charge is 0.293 e. The summed E-state index contributed by atoms with van der Waals surface area (Å²) in [6.45, 7) is 3.54. The van der Waals surface area contributed by atoms with E-state index in [4.69, 9.17) is 0 Å². The summed E-state index contributed by atoms with van der Waals surface area (Å²) in [7, 11) is 0. The number of nitrogens with one attached hydrogen (secondary N) is 1. The number of rotatable bonds is 2. The second kappa shape index (κ2) is 3.88. The normalized spacial score (nSPS) is 11.0. The Morgan fingerprint density at radius 1 is 1.50 bits per heavy atom. The van der Waals surface area contributed by atoms with Crippen molar-refractivity contribution >= 4 is 17.5 Å². The van der Waals surface area contributed by atoms with Crippen LogP contribution in [0, 0.1) is 11.7 Å². The summed E-state index contributed by atoms with van der Waals surface area (Å²) in [5.74, 6) is -0.539. The number of hydrogen-bond donors (Lipinski definition) is 1. The molecular formula is C10H11FN4O. The minimum absolute atomic E-state index is 0.150. The highest BCUT2D eigenvalue weighted by atomic mass is 19.1. The summed E-state index contributed by atoms with van der Waals surface area (Å²) in [4.78, 5) is 15.4. The number of anilines is 1. The van der Waals surface area contributed by atoms with Crippen LogP contribution < -0.4 is 5.32 Å². The second-order valence-electron chi connectivity index (χ2n) is 3.73. The molecule has 1 amide bonds. The average Bonchev–Trinajstić information content (AvgIpc) is 2.58. The van der Waals surface area contributed by atoms with Gasteiger partial charge in [-0.15, -0.1) is 5.10 Å². The summed E-state index contributed by atoms with van der Waals surface area (Å²) in [5, 5.41) is 6.48. The molecule has 0 aliphatic carbocycles. The van der Waals surface area contributed by atoms with E-state index in [0.29, 0.717) is 5.65 Å². The summed E-state index contributed by atoms with van der Waals surface area (Å²) >= 11 is 0. The van der Waals surface area contributed by atoms with Gasteiger partial charge in [0.05, 0.1) is 6.20 Å². The lowest BCUT2D eigenvalue weighted by atomic mass is 10.2. The van der Waals surface area contributed by atoms with Crippen LogP contribution in [0.25, 0.3) is 5.65 Å². The Hall–Kier alpha value is -1.98. The van der Waals surface area contributed by atoms with Gasteiger partial charge in [0.25, 0.3) is 0 Å². The Bertz CT molecular complexity index is 535. The van der Waals surface area contributed by atoms with Gasteiger partial charge >= 0.3 is 0 Å². The van der Waals surface area contributed by atoms with Crippen LogP contribution in [0.3, 0.4) is 0 Å². The number of amides is 1. The molecule has 6 heteroatoms.